The number of rotatable bonds is 3. The van der Waals surface area contributed by atoms with E-state index >= 15 is 0 Å². The van der Waals surface area contributed by atoms with Crippen LogP contribution in [-0.2, 0) is 10.3 Å². The molecule has 0 radical (unpaired) electrons. The molecule has 118 valence electrons. The molecule has 1 fully saturated rings. The van der Waals surface area contributed by atoms with Crippen LogP contribution in [0.15, 0.2) is 42.2 Å². The number of fused-ring (bicyclic) bond motifs is 1. The van der Waals surface area contributed by atoms with Crippen LogP contribution in [0.5, 0.6) is 0 Å². The van der Waals surface area contributed by atoms with Gasteiger partial charge in [-0.1, -0.05) is 0 Å². The van der Waals surface area contributed by atoms with Gasteiger partial charge in [0.15, 0.2) is 0 Å². The number of hydrogen-bond donors (Lipinski definition) is 2. The lowest BCUT2D eigenvalue weighted by Crippen LogP contribution is -2.52. The monoisotopic (exact) mass is 327 g/mol. The van der Waals surface area contributed by atoms with Gasteiger partial charge in [0.2, 0.25) is 0 Å². The maximum atomic E-state index is 13.0. The van der Waals surface area contributed by atoms with E-state index in [9.17, 15) is 4.79 Å². The van der Waals surface area contributed by atoms with E-state index in [-0.39, 0.29) is 5.91 Å². The Morgan fingerprint density at radius 1 is 1.35 bits per heavy atom. The van der Waals surface area contributed by atoms with Gasteiger partial charge >= 0.3 is 0 Å². The molecule has 0 aliphatic carbocycles. The number of carbonyl (C=O) groups is 1. The number of anilines is 1. The predicted molar refractivity (Wildman–Crippen MR) is 90.6 cm³/mol. The Kier molecular flexibility index (Phi) is 3.59. The lowest BCUT2D eigenvalue weighted by Gasteiger charge is -2.36. The third-order valence-corrected chi connectivity index (χ3v) is 5.19. The van der Waals surface area contributed by atoms with E-state index in [0.717, 1.165) is 41.8 Å². The Balaban J connectivity index is 1.64. The van der Waals surface area contributed by atoms with Crippen LogP contribution in [0.2, 0.25) is 0 Å². The molecule has 3 heterocycles. The fourth-order valence-electron chi connectivity index (χ4n) is 3.11. The number of piperidine rings is 1. The topological polar surface area (TPSA) is 71.8 Å². The third kappa shape index (κ3) is 2.51. The molecule has 6 nitrogen and oxygen atoms in total. The molecule has 7 heteroatoms. The lowest BCUT2D eigenvalue weighted by atomic mass is 9.87. The van der Waals surface area contributed by atoms with Crippen molar-refractivity contribution in [2.75, 3.05) is 18.4 Å². The highest BCUT2D eigenvalue weighted by Crippen LogP contribution is 2.29. The molecule has 0 spiro atoms. The molecule has 1 aromatic carbocycles. The zero-order valence-corrected chi connectivity index (χ0v) is 13.3. The van der Waals surface area contributed by atoms with Gasteiger partial charge in [-0.25, -0.2) is 4.98 Å². The molecule has 1 amide bonds. The minimum atomic E-state index is -0.633. The molecule has 0 atom stereocenters. The first kappa shape index (κ1) is 14.3. The highest BCUT2D eigenvalue weighted by Gasteiger charge is 2.42. The maximum absolute atomic E-state index is 13.0. The number of hydrogen-bond acceptors (Lipinski definition) is 5. The number of benzene rings is 1. The summed E-state index contributed by atoms with van der Waals surface area (Å²) in [7, 11) is 0. The Morgan fingerprint density at radius 2 is 2.22 bits per heavy atom. The maximum Gasteiger partial charge on any atom is 0.252 e. The second kappa shape index (κ2) is 5.75. The van der Waals surface area contributed by atoms with Gasteiger partial charge in [-0.15, -0.1) is 11.3 Å². The van der Waals surface area contributed by atoms with Crippen molar-refractivity contribution in [2.24, 2.45) is 0 Å². The van der Waals surface area contributed by atoms with Gasteiger partial charge in [-0.3, -0.25) is 9.48 Å². The molecule has 1 saturated heterocycles. The largest absolute Gasteiger partial charge is 0.324 e. The molecule has 1 aliphatic rings. The van der Waals surface area contributed by atoms with Crippen LogP contribution in [0.3, 0.4) is 0 Å². The summed E-state index contributed by atoms with van der Waals surface area (Å²) in [5.74, 6) is -0.0164. The summed E-state index contributed by atoms with van der Waals surface area (Å²) < 4.78 is 2.91. The molecule has 3 aromatic rings. The number of thiazole rings is 1. The Hall–Kier alpha value is -2.25. The van der Waals surface area contributed by atoms with Gasteiger partial charge in [-0.05, 0) is 50.2 Å². The molecule has 23 heavy (non-hydrogen) atoms. The molecular formula is C16H17N5OS. The molecular weight excluding hydrogens is 310 g/mol. The normalized spacial score (nSPS) is 17.2. The summed E-state index contributed by atoms with van der Waals surface area (Å²) in [6.45, 7) is 1.61. The van der Waals surface area contributed by atoms with Crippen LogP contribution >= 0.6 is 11.3 Å². The summed E-state index contributed by atoms with van der Waals surface area (Å²) in [4.78, 5) is 17.4. The van der Waals surface area contributed by atoms with Gasteiger partial charge in [0.05, 0.1) is 15.7 Å². The van der Waals surface area contributed by atoms with Crippen molar-refractivity contribution in [3.05, 3.63) is 42.2 Å². The molecule has 2 aromatic heterocycles. The van der Waals surface area contributed by atoms with Gasteiger partial charge < -0.3 is 10.6 Å². The number of aromatic nitrogens is 3. The van der Waals surface area contributed by atoms with E-state index in [1.807, 2.05) is 36.0 Å². The van der Waals surface area contributed by atoms with Crippen LogP contribution < -0.4 is 10.6 Å². The fourth-order valence-corrected chi connectivity index (χ4v) is 3.76. The minimum absolute atomic E-state index is 0.0164. The van der Waals surface area contributed by atoms with Crippen LogP contribution in [0, 0.1) is 0 Å². The van der Waals surface area contributed by atoms with E-state index in [0.29, 0.717) is 0 Å². The van der Waals surface area contributed by atoms with Crippen molar-refractivity contribution in [3.63, 3.8) is 0 Å². The van der Waals surface area contributed by atoms with E-state index in [1.54, 1.807) is 22.2 Å². The highest BCUT2D eigenvalue weighted by molar-refractivity contribution is 7.16. The summed E-state index contributed by atoms with van der Waals surface area (Å²) in [5.41, 5.74) is 2.87. The SMILES string of the molecule is O=C(Nc1ccc2scnc2c1)C1(n2cccn2)CCNCC1. The lowest BCUT2D eigenvalue weighted by molar-refractivity contribution is -0.126. The summed E-state index contributed by atoms with van der Waals surface area (Å²) >= 11 is 1.59. The van der Waals surface area contributed by atoms with Crippen molar-refractivity contribution in [1.29, 1.82) is 0 Å². The van der Waals surface area contributed by atoms with Gasteiger partial charge in [0, 0.05) is 18.1 Å². The molecule has 0 bridgehead atoms. The van der Waals surface area contributed by atoms with Crippen molar-refractivity contribution in [2.45, 2.75) is 18.4 Å². The molecule has 0 saturated carbocycles. The predicted octanol–water partition coefficient (Wildman–Crippen LogP) is 2.21. The number of amides is 1. The zero-order valence-electron chi connectivity index (χ0n) is 12.5. The first-order valence-electron chi connectivity index (χ1n) is 7.63. The Morgan fingerprint density at radius 3 is 3.00 bits per heavy atom. The molecule has 4 rings (SSSR count). The average molecular weight is 327 g/mol. The molecule has 1 aliphatic heterocycles. The standard InChI is InChI=1S/C16H17N5OS/c22-15(20-12-2-3-14-13(10-12)18-11-23-14)16(4-7-17-8-5-16)21-9-1-6-19-21/h1-3,6,9-11,17H,4-5,7-8H2,(H,20,22). The van der Waals surface area contributed by atoms with Gasteiger partial charge in [0.25, 0.3) is 5.91 Å². The summed E-state index contributed by atoms with van der Waals surface area (Å²) in [6.07, 6.45) is 5.03. The quantitative estimate of drug-likeness (QED) is 0.774. The van der Waals surface area contributed by atoms with E-state index in [4.69, 9.17) is 0 Å². The first-order chi connectivity index (χ1) is 11.3. The molecule has 0 unspecified atom stereocenters. The van der Waals surface area contributed by atoms with Gasteiger partial charge in [0.1, 0.15) is 5.54 Å². The zero-order chi connectivity index (χ0) is 15.7. The van der Waals surface area contributed by atoms with Gasteiger partial charge in [-0.2, -0.15) is 5.10 Å². The third-order valence-electron chi connectivity index (χ3n) is 4.38. The first-order valence-corrected chi connectivity index (χ1v) is 8.51. The smallest absolute Gasteiger partial charge is 0.252 e. The fraction of sp³-hybridized carbons (Fsp3) is 0.312. The number of carbonyl (C=O) groups excluding carboxylic acids is 1. The highest BCUT2D eigenvalue weighted by atomic mass is 32.1. The second-order valence-electron chi connectivity index (χ2n) is 5.72. The van der Waals surface area contributed by atoms with Crippen molar-refractivity contribution >= 4 is 33.1 Å². The Labute approximate surface area is 137 Å². The van der Waals surface area contributed by atoms with E-state index in [2.05, 4.69) is 20.7 Å². The van der Waals surface area contributed by atoms with Crippen molar-refractivity contribution < 1.29 is 4.79 Å². The van der Waals surface area contributed by atoms with Crippen LogP contribution in [0.25, 0.3) is 10.2 Å². The van der Waals surface area contributed by atoms with Crippen LogP contribution in [0.4, 0.5) is 5.69 Å². The Bertz CT molecular complexity index is 820. The summed E-state index contributed by atoms with van der Waals surface area (Å²) in [6, 6.07) is 7.70. The number of nitrogens with zero attached hydrogens (tertiary/aromatic N) is 3. The van der Waals surface area contributed by atoms with Crippen LogP contribution in [-0.4, -0.2) is 33.8 Å². The molecule has 2 N–H and O–H groups in total. The van der Waals surface area contributed by atoms with Crippen molar-refractivity contribution in [1.82, 2.24) is 20.1 Å². The van der Waals surface area contributed by atoms with Crippen molar-refractivity contribution in [3.8, 4) is 0 Å². The van der Waals surface area contributed by atoms with Crippen LogP contribution in [0.1, 0.15) is 12.8 Å². The number of nitrogens with one attached hydrogen (secondary N) is 2. The minimum Gasteiger partial charge on any atom is -0.324 e. The van der Waals surface area contributed by atoms with E-state index < -0.39 is 5.54 Å². The average Bonchev–Trinajstić information content (AvgIpc) is 3.27. The second-order valence-corrected chi connectivity index (χ2v) is 6.61. The van der Waals surface area contributed by atoms with E-state index in [1.165, 1.54) is 0 Å². The summed E-state index contributed by atoms with van der Waals surface area (Å²) in [5, 5.41) is 10.7.